The molecule has 1 unspecified atom stereocenters. The zero-order chi connectivity index (χ0) is 14.8. The smallest absolute Gasteiger partial charge is 0.225 e. The Bertz CT molecular complexity index is 690. The van der Waals surface area contributed by atoms with Gasteiger partial charge < -0.3 is 10.6 Å². The Labute approximate surface area is 136 Å². The molecule has 2 aromatic carbocycles. The quantitative estimate of drug-likeness (QED) is 0.832. The number of carbonyl (C=O) groups is 1. The van der Waals surface area contributed by atoms with Gasteiger partial charge in [0.25, 0.3) is 0 Å². The van der Waals surface area contributed by atoms with Crippen molar-refractivity contribution in [2.75, 3.05) is 17.2 Å². The summed E-state index contributed by atoms with van der Waals surface area (Å²) in [6.07, 6.45) is 0.437. The van der Waals surface area contributed by atoms with E-state index in [-0.39, 0.29) is 11.8 Å². The van der Waals surface area contributed by atoms with Crippen LogP contribution in [0.2, 0.25) is 5.02 Å². The number of halogens is 2. The zero-order valence-electron chi connectivity index (χ0n) is 11.2. The molecule has 5 heteroatoms. The molecule has 1 atom stereocenters. The van der Waals surface area contributed by atoms with Crippen molar-refractivity contribution in [3.63, 3.8) is 0 Å². The van der Waals surface area contributed by atoms with E-state index in [0.29, 0.717) is 17.1 Å². The van der Waals surface area contributed by atoms with Gasteiger partial charge in [0.05, 0.1) is 10.7 Å². The van der Waals surface area contributed by atoms with Crippen LogP contribution in [0, 0.1) is 0 Å². The lowest BCUT2D eigenvalue weighted by Crippen LogP contribution is -2.17. The summed E-state index contributed by atoms with van der Waals surface area (Å²) in [5, 5.41) is 6.74. The highest BCUT2D eigenvalue weighted by Crippen LogP contribution is 2.34. The highest BCUT2D eigenvalue weighted by molar-refractivity contribution is 9.10. The van der Waals surface area contributed by atoms with Gasteiger partial charge in [0.1, 0.15) is 0 Å². The van der Waals surface area contributed by atoms with Gasteiger partial charge in [0, 0.05) is 29.0 Å². The standard InChI is InChI=1S/C16H14BrClN2O/c17-11-5-6-13(18)15(8-11)20-16(21)7-10-9-19-14-4-2-1-3-12(10)14/h1-6,8,10,19H,7,9H2,(H,20,21). The Hall–Kier alpha value is -1.52. The molecule has 0 spiro atoms. The Kier molecular flexibility index (Phi) is 4.17. The molecule has 21 heavy (non-hydrogen) atoms. The molecule has 1 aliphatic rings. The second kappa shape index (κ2) is 6.08. The van der Waals surface area contributed by atoms with Gasteiger partial charge in [-0.15, -0.1) is 0 Å². The fraction of sp³-hybridized carbons (Fsp3) is 0.188. The zero-order valence-corrected chi connectivity index (χ0v) is 13.5. The van der Waals surface area contributed by atoms with Gasteiger partial charge in [-0.05, 0) is 29.8 Å². The predicted molar refractivity (Wildman–Crippen MR) is 90.1 cm³/mol. The van der Waals surface area contributed by atoms with Gasteiger partial charge in [0.15, 0.2) is 0 Å². The summed E-state index contributed by atoms with van der Waals surface area (Å²) < 4.78 is 0.884. The molecule has 0 saturated heterocycles. The van der Waals surface area contributed by atoms with Crippen molar-refractivity contribution < 1.29 is 4.79 Å². The van der Waals surface area contributed by atoms with Crippen LogP contribution in [-0.2, 0) is 4.79 Å². The minimum absolute atomic E-state index is 0.0292. The van der Waals surface area contributed by atoms with Crippen LogP contribution in [0.3, 0.4) is 0 Å². The highest BCUT2D eigenvalue weighted by Gasteiger charge is 2.24. The fourth-order valence-corrected chi connectivity index (χ4v) is 3.08. The van der Waals surface area contributed by atoms with E-state index in [1.54, 1.807) is 12.1 Å². The minimum atomic E-state index is -0.0292. The maximum Gasteiger partial charge on any atom is 0.225 e. The van der Waals surface area contributed by atoms with Crippen molar-refractivity contribution in [2.45, 2.75) is 12.3 Å². The number of benzene rings is 2. The van der Waals surface area contributed by atoms with Gasteiger partial charge in [-0.3, -0.25) is 4.79 Å². The van der Waals surface area contributed by atoms with Crippen LogP contribution in [0.25, 0.3) is 0 Å². The molecule has 1 heterocycles. The molecule has 3 nitrogen and oxygen atoms in total. The topological polar surface area (TPSA) is 41.1 Å². The third kappa shape index (κ3) is 3.22. The number of para-hydroxylation sites is 1. The SMILES string of the molecule is O=C(CC1CNc2ccccc21)Nc1cc(Br)ccc1Cl. The van der Waals surface area contributed by atoms with Crippen LogP contribution in [-0.4, -0.2) is 12.5 Å². The van der Waals surface area contributed by atoms with Gasteiger partial charge in [-0.2, -0.15) is 0 Å². The number of hydrogen-bond donors (Lipinski definition) is 2. The Morgan fingerprint density at radius 2 is 2.14 bits per heavy atom. The monoisotopic (exact) mass is 364 g/mol. The van der Waals surface area contributed by atoms with Gasteiger partial charge in [-0.1, -0.05) is 45.7 Å². The summed E-state index contributed by atoms with van der Waals surface area (Å²) in [6.45, 7) is 0.791. The first-order chi connectivity index (χ1) is 10.1. The van der Waals surface area contributed by atoms with Crippen LogP contribution in [0.1, 0.15) is 17.9 Å². The second-order valence-electron chi connectivity index (χ2n) is 5.04. The molecule has 0 aromatic heterocycles. The minimum Gasteiger partial charge on any atom is -0.384 e. The van der Waals surface area contributed by atoms with E-state index >= 15 is 0 Å². The normalized spacial score (nSPS) is 16.2. The largest absolute Gasteiger partial charge is 0.384 e. The predicted octanol–water partition coefficient (Wildman–Crippen LogP) is 4.64. The Morgan fingerprint density at radius 1 is 1.33 bits per heavy atom. The molecule has 0 aliphatic carbocycles. The van der Waals surface area contributed by atoms with Crippen molar-refractivity contribution >= 4 is 44.8 Å². The lowest BCUT2D eigenvalue weighted by atomic mass is 9.97. The fourth-order valence-electron chi connectivity index (χ4n) is 2.56. The third-order valence-corrected chi connectivity index (χ3v) is 4.40. The lowest BCUT2D eigenvalue weighted by molar-refractivity contribution is -0.116. The molecule has 0 bridgehead atoms. The molecule has 1 amide bonds. The molecule has 2 aromatic rings. The number of amides is 1. The van der Waals surface area contributed by atoms with E-state index in [1.807, 2.05) is 24.3 Å². The van der Waals surface area contributed by atoms with E-state index in [4.69, 9.17) is 11.6 Å². The maximum absolute atomic E-state index is 12.2. The number of anilines is 2. The molecule has 3 rings (SSSR count). The average Bonchev–Trinajstić information content (AvgIpc) is 2.86. The summed E-state index contributed by atoms with van der Waals surface area (Å²) in [7, 11) is 0. The van der Waals surface area contributed by atoms with Gasteiger partial charge in [0.2, 0.25) is 5.91 Å². The van der Waals surface area contributed by atoms with Crippen molar-refractivity contribution in [3.05, 3.63) is 57.5 Å². The highest BCUT2D eigenvalue weighted by atomic mass is 79.9. The molecule has 0 fully saturated rings. The molecule has 1 aliphatic heterocycles. The molecule has 2 N–H and O–H groups in total. The molecular formula is C16H14BrClN2O. The number of fused-ring (bicyclic) bond motifs is 1. The summed E-state index contributed by atoms with van der Waals surface area (Å²) in [4.78, 5) is 12.2. The van der Waals surface area contributed by atoms with Crippen LogP contribution in [0.15, 0.2) is 46.9 Å². The first kappa shape index (κ1) is 14.4. The summed E-state index contributed by atoms with van der Waals surface area (Å²) in [5.74, 6) is 0.172. The van der Waals surface area contributed by atoms with Crippen molar-refractivity contribution in [1.29, 1.82) is 0 Å². The van der Waals surface area contributed by atoms with E-state index in [9.17, 15) is 4.79 Å². The lowest BCUT2D eigenvalue weighted by Gasteiger charge is -2.12. The number of carbonyl (C=O) groups excluding carboxylic acids is 1. The summed E-state index contributed by atoms with van der Waals surface area (Å²) >= 11 is 9.47. The van der Waals surface area contributed by atoms with Crippen molar-refractivity contribution in [3.8, 4) is 0 Å². The Balaban J connectivity index is 1.69. The van der Waals surface area contributed by atoms with E-state index < -0.39 is 0 Å². The van der Waals surface area contributed by atoms with Crippen LogP contribution >= 0.6 is 27.5 Å². The Morgan fingerprint density at radius 3 is 3.00 bits per heavy atom. The average molecular weight is 366 g/mol. The molecular weight excluding hydrogens is 352 g/mol. The van der Waals surface area contributed by atoms with Crippen molar-refractivity contribution in [2.24, 2.45) is 0 Å². The van der Waals surface area contributed by atoms with Gasteiger partial charge in [-0.25, -0.2) is 0 Å². The third-order valence-electron chi connectivity index (χ3n) is 3.57. The number of rotatable bonds is 3. The van der Waals surface area contributed by atoms with Crippen LogP contribution in [0.4, 0.5) is 11.4 Å². The molecule has 0 saturated carbocycles. The molecule has 0 radical (unpaired) electrons. The van der Waals surface area contributed by atoms with E-state index in [0.717, 1.165) is 16.7 Å². The molecule has 108 valence electrons. The van der Waals surface area contributed by atoms with Crippen molar-refractivity contribution in [1.82, 2.24) is 0 Å². The first-order valence-corrected chi connectivity index (χ1v) is 7.88. The number of hydrogen-bond acceptors (Lipinski definition) is 2. The van der Waals surface area contributed by atoms with Gasteiger partial charge >= 0.3 is 0 Å². The summed E-state index contributed by atoms with van der Waals surface area (Å²) in [5.41, 5.74) is 2.96. The number of nitrogens with one attached hydrogen (secondary N) is 2. The van der Waals surface area contributed by atoms with E-state index in [1.165, 1.54) is 5.56 Å². The van der Waals surface area contributed by atoms with Crippen LogP contribution < -0.4 is 10.6 Å². The first-order valence-electron chi connectivity index (χ1n) is 6.71. The second-order valence-corrected chi connectivity index (χ2v) is 6.36. The maximum atomic E-state index is 12.2. The van der Waals surface area contributed by atoms with E-state index in [2.05, 4.69) is 32.6 Å². The van der Waals surface area contributed by atoms with Crippen LogP contribution in [0.5, 0.6) is 0 Å². The summed E-state index contributed by atoms with van der Waals surface area (Å²) in [6, 6.07) is 13.5.